The predicted octanol–water partition coefficient (Wildman–Crippen LogP) is 2.25. The van der Waals surface area contributed by atoms with Crippen LogP contribution in [0.3, 0.4) is 0 Å². The van der Waals surface area contributed by atoms with E-state index >= 15 is 0 Å². The average molecular weight is 256 g/mol. The van der Waals surface area contributed by atoms with Gasteiger partial charge in [0, 0.05) is 4.47 Å². The molecule has 0 aliphatic rings. The van der Waals surface area contributed by atoms with E-state index in [-0.39, 0.29) is 12.3 Å². The van der Waals surface area contributed by atoms with Gasteiger partial charge < -0.3 is 5.73 Å². The molecule has 0 radical (unpaired) electrons. The molecule has 0 spiro atoms. The van der Waals surface area contributed by atoms with Crippen molar-refractivity contribution < 1.29 is 4.79 Å². The molecule has 0 heterocycles. The number of hydrogen-bond acceptors (Lipinski definition) is 2. The van der Waals surface area contributed by atoms with Crippen LogP contribution in [0, 0.1) is 0 Å². The minimum Gasteiger partial charge on any atom is -0.324 e. The number of carbonyl (C=O) groups is 1. The van der Waals surface area contributed by atoms with Gasteiger partial charge in [-0.15, -0.1) is 0 Å². The first-order chi connectivity index (χ1) is 6.50. The summed E-state index contributed by atoms with van der Waals surface area (Å²) in [5.74, 6) is 0.0457. The summed E-state index contributed by atoms with van der Waals surface area (Å²) in [6.45, 7) is 3.86. The molecule has 0 bridgehead atoms. The molecule has 0 amide bonds. The molecule has 2 nitrogen and oxygen atoms in total. The van der Waals surface area contributed by atoms with Gasteiger partial charge >= 0.3 is 0 Å². The summed E-state index contributed by atoms with van der Waals surface area (Å²) in [6, 6.07) is 7.72. The fraction of sp³-hybridized carbons (Fsp3) is 0.364. The average Bonchev–Trinajstić information content (AvgIpc) is 2.17. The Bertz CT molecular complexity index is 347. The molecular weight excluding hydrogens is 242 g/mol. The van der Waals surface area contributed by atoms with Crippen LogP contribution in [0.15, 0.2) is 28.7 Å². The Morgan fingerprint density at radius 1 is 1.43 bits per heavy atom. The lowest BCUT2D eigenvalue weighted by molar-refractivity contribution is -0.122. The van der Waals surface area contributed by atoms with Crippen LogP contribution < -0.4 is 5.73 Å². The summed E-state index contributed by atoms with van der Waals surface area (Å²) in [5.41, 5.74) is 5.84. The van der Waals surface area contributed by atoms with Crippen LogP contribution in [0.25, 0.3) is 0 Å². The highest BCUT2D eigenvalue weighted by atomic mass is 79.9. The molecule has 0 saturated heterocycles. The van der Waals surface area contributed by atoms with Gasteiger partial charge in [-0.05, 0) is 25.5 Å². The van der Waals surface area contributed by atoms with Crippen LogP contribution in [0.5, 0.6) is 0 Å². The van der Waals surface area contributed by atoms with Gasteiger partial charge in [0.15, 0.2) is 5.78 Å². The van der Waals surface area contributed by atoms with E-state index in [2.05, 4.69) is 15.9 Å². The van der Waals surface area contributed by atoms with Gasteiger partial charge in [0.2, 0.25) is 0 Å². The maximum absolute atomic E-state index is 11.6. The number of nitrogens with two attached hydrogens (primary N) is 1. The van der Waals surface area contributed by atoms with Crippen LogP contribution in [-0.2, 0) is 10.2 Å². The smallest absolute Gasteiger partial charge is 0.156 e. The van der Waals surface area contributed by atoms with Crippen LogP contribution in [0.1, 0.15) is 19.4 Å². The topological polar surface area (TPSA) is 43.1 Å². The molecule has 0 fully saturated rings. The number of carbonyl (C=O) groups excluding carboxylic acids is 1. The zero-order valence-corrected chi connectivity index (χ0v) is 9.97. The maximum Gasteiger partial charge on any atom is 0.156 e. The molecule has 2 N–H and O–H groups in total. The van der Waals surface area contributed by atoms with Gasteiger partial charge in [0.25, 0.3) is 0 Å². The van der Waals surface area contributed by atoms with Gasteiger partial charge in [0.05, 0.1) is 12.0 Å². The van der Waals surface area contributed by atoms with Crippen molar-refractivity contribution in [3.63, 3.8) is 0 Å². The normalized spacial score (nSPS) is 11.4. The second-order valence-corrected chi connectivity index (χ2v) is 4.59. The van der Waals surface area contributed by atoms with E-state index in [9.17, 15) is 4.79 Å². The van der Waals surface area contributed by atoms with Gasteiger partial charge in [-0.25, -0.2) is 0 Å². The minimum absolute atomic E-state index is 0.0457. The molecule has 14 heavy (non-hydrogen) atoms. The second-order valence-electron chi connectivity index (χ2n) is 3.73. The summed E-state index contributed by atoms with van der Waals surface area (Å²) < 4.78 is 0.951. The molecule has 1 aromatic rings. The van der Waals surface area contributed by atoms with Gasteiger partial charge in [-0.3, -0.25) is 4.79 Å². The van der Waals surface area contributed by atoms with E-state index in [0.29, 0.717) is 0 Å². The number of benzene rings is 1. The fourth-order valence-corrected chi connectivity index (χ4v) is 2.15. The van der Waals surface area contributed by atoms with Crippen molar-refractivity contribution in [1.29, 1.82) is 0 Å². The van der Waals surface area contributed by atoms with E-state index in [0.717, 1.165) is 10.0 Å². The molecule has 1 aromatic carbocycles. The zero-order chi connectivity index (χ0) is 10.8. The predicted molar refractivity (Wildman–Crippen MR) is 61.2 cm³/mol. The summed E-state index contributed by atoms with van der Waals surface area (Å²) in [4.78, 5) is 11.6. The standard InChI is InChI=1S/C11H14BrNO/c1-11(2,10(14)7-13)8-5-3-4-6-9(8)12/h3-6H,7,13H2,1-2H3. The molecule has 0 saturated carbocycles. The maximum atomic E-state index is 11.6. The van der Waals surface area contributed by atoms with E-state index in [4.69, 9.17) is 5.73 Å². The van der Waals surface area contributed by atoms with Crippen molar-refractivity contribution in [1.82, 2.24) is 0 Å². The second kappa shape index (κ2) is 4.24. The highest BCUT2D eigenvalue weighted by molar-refractivity contribution is 9.10. The third kappa shape index (κ3) is 2.04. The van der Waals surface area contributed by atoms with Crippen molar-refractivity contribution in [2.24, 2.45) is 5.73 Å². The molecule has 76 valence electrons. The number of rotatable bonds is 3. The lowest BCUT2D eigenvalue weighted by Gasteiger charge is -2.24. The van der Waals surface area contributed by atoms with E-state index in [1.165, 1.54) is 0 Å². The zero-order valence-electron chi connectivity index (χ0n) is 8.38. The summed E-state index contributed by atoms with van der Waals surface area (Å²) in [5, 5.41) is 0. The first-order valence-electron chi connectivity index (χ1n) is 4.48. The summed E-state index contributed by atoms with van der Waals surface area (Å²) in [6.07, 6.45) is 0. The Balaban J connectivity index is 3.16. The quantitative estimate of drug-likeness (QED) is 0.901. The van der Waals surface area contributed by atoms with Crippen molar-refractivity contribution >= 4 is 21.7 Å². The van der Waals surface area contributed by atoms with Gasteiger partial charge in [0.1, 0.15) is 0 Å². The number of halogens is 1. The van der Waals surface area contributed by atoms with Crippen LogP contribution in [-0.4, -0.2) is 12.3 Å². The molecule has 3 heteroatoms. The van der Waals surface area contributed by atoms with Crippen LogP contribution in [0.4, 0.5) is 0 Å². The third-order valence-electron chi connectivity index (χ3n) is 2.43. The molecule has 0 atom stereocenters. The Kier molecular flexibility index (Phi) is 3.45. The van der Waals surface area contributed by atoms with Crippen molar-refractivity contribution in [3.8, 4) is 0 Å². The van der Waals surface area contributed by atoms with Crippen molar-refractivity contribution in [3.05, 3.63) is 34.3 Å². The monoisotopic (exact) mass is 255 g/mol. The van der Waals surface area contributed by atoms with Crippen LogP contribution in [0.2, 0.25) is 0 Å². The molecular formula is C11H14BrNO. The Hall–Kier alpha value is -0.670. The van der Waals surface area contributed by atoms with E-state index < -0.39 is 5.41 Å². The third-order valence-corrected chi connectivity index (χ3v) is 3.12. The largest absolute Gasteiger partial charge is 0.324 e. The number of Topliss-reactive ketones (excluding diaryl/α,β-unsaturated/α-hetero) is 1. The Labute approximate surface area is 92.6 Å². The number of ketones is 1. The minimum atomic E-state index is -0.519. The fourth-order valence-electron chi connectivity index (χ4n) is 1.37. The first-order valence-corrected chi connectivity index (χ1v) is 5.28. The SMILES string of the molecule is CC(C)(C(=O)CN)c1ccccc1Br. The molecule has 0 aliphatic heterocycles. The van der Waals surface area contributed by atoms with E-state index in [1.54, 1.807) is 0 Å². The van der Waals surface area contributed by atoms with Crippen LogP contribution >= 0.6 is 15.9 Å². The molecule has 1 rings (SSSR count). The van der Waals surface area contributed by atoms with E-state index in [1.807, 2.05) is 38.1 Å². The highest BCUT2D eigenvalue weighted by Crippen LogP contribution is 2.30. The molecule has 0 aromatic heterocycles. The number of hydrogen-bond donors (Lipinski definition) is 1. The Morgan fingerprint density at radius 3 is 2.50 bits per heavy atom. The summed E-state index contributed by atoms with van der Waals surface area (Å²) in [7, 11) is 0. The van der Waals surface area contributed by atoms with Gasteiger partial charge in [-0.2, -0.15) is 0 Å². The Morgan fingerprint density at radius 2 is 2.00 bits per heavy atom. The van der Waals surface area contributed by atoms with Crippen molar-refractivity contribution in [2.75, 3.05) is 6.54 Å². The lowest BCUT2D eigenvalue weighted by atomic mass is 9.80. The molecule has 0 aliphatic carbocycles. The molecule has 0 unspecified atom stereocenters. The van der Waals surface area contributed by atoms with Crippen molar-refractivity contribution in [2.45, 2.75) is 19.3 Å². The lowest BCUT2D eigenvalue weighted by Crippen LogP contribution is -2.34. The van der Waals surface area contributed by atoms with Gasteiger partial charge in [-0.1, -0.05) is 34.1 Å². The highest BCUT2D eigenvalue weighted by Gasteiger charge is 2.29. The summed E-state index contributed by atoms with van der Waals surface area (Å²) >= 11 is 3.44. The first kappa shape index (κ1) is 11.4.